The molecule has 39 heavy (non-hydrogen) atoms. The molecule has 8 heteroatoms. The van der Waals surface area contributed by atoms with Gasteiger partial charge in [0.05, 0.1) is 34.2 Å². The van der Waals surface area contributed by atoms with Crippen LogP contribution in [0.1, 0.15) is 27.9 Å². The molecule has 6 nitrogen and oxygen atoms in total. The minimum absolute atomic E-state index is 0.0156. The molecule has 1 fully saturated rings. The number of carbonyl (C=O) groups excluding carboxylic acids is 1. The third-order valence-electron chi connectivity index (χ3n) is 6.85. The second-order valence-corrected chi connectivity index (χ2v) is 11.1. The largest absolute Gasteiger partial charge is 0.273 e. The van der Waals surface area contributed by atoms with Crippen molar-refractivity contribution >= 4 is 35.2 Å². The summed E-state index contributed by atoms with van der Waals surface area (Å²) < 4.78 is 1.93. The fourth-order valence-electron chi connectivity index (χ4n) is 4.89. The van der Waals surface area contributed by atoms with Crippen molar-refractivity contribution in [1.29, 1.82) is 0 Å². The maximum Gasteiger partial charge on any atom is 0.240 e. The van der Waals surface area contributed by atoms with Crippen LogP contribution in [0.15, 0.2) is 84.9 Å². The van der Waals surface area contributed by atoms with Gasteiger partial charge in [-0.15, -0.1) is 11.8 Å². The molecule has 1 saturated heterocycles. The molecule has 6 rings (SSSR count). The minimum Gasteiger partial charge on any atom is -0.273 e. The number of rotatable bonds is 5. The van der Waals surface area contributed by atoms with Crippen LogP contribution in [-0.2, 0) is 4.79 Å². The topological polar surface area (TPSA) is 63.9 Å². The van der Waals surface area contributed by atoms with Crippen LogP contribution in [0.3, 0.4) is 0 Å². The number of benzene rings is 3. The van der Waals surface area contributed by atoms with E-state index in [4.69, 9.17) is 26.7 Å². The molecule has 1 unspecified atom stereocenters. The van der Waals surface area contributed by atoms with E-state index in [0.717, 1.165) is 39.5 Å². The molecule has 1 aliphatic heterocycles. The quantitative estimate of drug-likeness (QED) is 0.228. The molecule has 0 radical (unpaired) electrons. The Kier molecular flexibility index (Phi) is 6.71. The summed E-state index contributed by atoms with van der Waals surface area (Å²) in [6.45, 7) is 6.08. The summed E-state index contributed by atoms with van der Waals surface area (Å²) in [5.41, 5.74) is 8.24. The Hall–Kier alpha value is -3.94. The lowest BCUT2D eigenvalue weighted by Crippen LogP contribution is -2.30. The lowest BCUT2D eigenvalue weighted by atomic mass is 10.1. The van der Waals surface area contributed by atoms with E-state index in [1.54, 1.807) is 16.7 Å². The summed E-state index contributed by atoms with van der Waals surface area (Å²) in [5.74, 6) is 0.731. The molecule has 0 spiro atoms. The Morgan fingerprint density at radius 3 is 2.28 bits per heavy atom. The molecule has 0 aliphatic carbocycles. The van der Waals surface area contributed by atoms with Crippen molar-refractivity contribution in [3.05, 3.63) is 112 Å². The van der Waals surface area contributed by atoms with Gasteiger partial charge in [-0.3, -0.25) is 9.69 Å². The molecule has 194 valence electrons. The Bertz CT molecular complexity index is 1670. The number of carbonyl (C=O) groups is 1. The van der Waals surface area contributed by atoms with Crippen LogP contribution < -0.4 is 4.90 Å². The number of anilines is 1. The van der Waals surface area contributed by atoms with Crippen molar-refractivity contribution < 1.29 is 4.79 Å². The maximum atomic E-state index is 13.3. The van der Waals surface area contributed by atoms with E-state index in [9.17, 15) is 4.79 Å². The molecule has 3 heterocycles. The number of para-hydroxylation sites is 1. The first-order valence-electron chi connectivity index (χ1n) is 12.7. The standard InChI is InChI=1S/C31H26ClN5OS/c1-19-9-11-23(12-10-19)30-36(28(38)18-39-30)31-33-26(22-13-15-24(32)16-14-22)17-27(34-31)29-20(2)35-37(21(29)3)25-7-5-4-6-8-25/h4-17,30H,18H2,1-3H3. The molecule has 1 amide bonds. The average molecular weight is 552 g/mol. The number of nitrogens with zero attached hydrogens (tertiary/aromatic N) is 5. The molecule has 0 saturated carbocycles. The summed E-state index contributed by atoms with van der Waals surface area (Å²) >= 11 is 7.77. The molecular formula is C31H26ClN5OS. The van der Waals surface area contributed by atoms with Crippen molar-refractivity contribution in [2.45, 2.75) is 26.1 Å². The average Bonchev–Trinajstić information content (AvgIpc) is 3.48. The monoisotopic (exact) mass is 551 g/mol. The van der Waals surface area contributed by atoms with Crippen molar-refractivity contribution in [1.82, 2.24) is 19.7 Å². The summed E-state index contributed by atoms with van der Waals surface area (Å²) in [5, 5.41) is 5.28. The zero-order chi connectivity index (χ0) is 27.1. The normalized spacial score (nSPS) is 15.2. The highest BCUT2D eigenvalue weighted by molar-refractivity contribution is 8.00. The van der Waals surface area contributed by atoms with E-state index >= 15 is 0 Å². The third-order valence-corrected chi connectivity index (χ3v) is 8.31. The number of amides is 1. The fourth-order valence-corrected chi connectivity index (χ4v) is 6.17. The van der Waals surface area contributed by atoms with E-state index in [-0.39, 0.29) is 11.3 Å². The molecular weight excluding hydrogens is 526 g/mol. The van der Waals surface area contributed by atoms with Gasteiger partial charge in [0.15, 0.2) is 0 Å². The van der Waals surface area contributed by atoms with Crippen LogP contribution in [0.4, 0.5) is 5.95 Å². The number of halogens is 1. The van der Waals surface area contributed by atoms with Gasteiger partial charge in [0.1, 0.15) is 5.37 Å². The van der Waals surface area contributed by atoms with E-state index in [1.165, 1.54) is 5.56 Å². The minimum atomic E-state index is -0.208. The maximum absolute atomic E-state index is 13.3. The zero-order valence-electron chi connectivity index (χ0n) is 21.8. The lowest BCUT2D eigenvalue weighted by molar-refractivity contribution is -0.115. The van der Waals surface area contributed by atoms with Crippen LogP contribution in [0.5, 0.6) is 0 Å². The smallest absolute Gasteiger partial charge is 0.240 e. The molecule has 3 aromatic carbocycles. The number of thioether (sulfide) groups is 1. The highest BCUT2D eigenvalue weighted by Crippen LogP contribution is 2.42. The first kappa shape index (κ1) is 25.3. The number of hydrogen-bond donors (Lipinski definition) is 0. The highest BCUT2D eigenvalue weighted by atomic mass is 35.5. The Morgan fingerprint density at radius 2 is 1.56 bits per heavy atom. The van der Waals surface area contributed by atoms with Crippen LogP contribution in [0, 0.1) is 20.8 Å². The van der Waals surface area contributed by atoms with Crippen LogP contribution >= 0.6 is 23.4 Å². The number of aromatic nitrogens is 4. The van der Waals surface area contributed by atoms with Gasteiger partial charge in [-0.1, -0.05) is 71.8 Å². The van der Waals surface area contributed by atoms with Crippen molar-refractivity contribution in [3.8, 4) is 28.2 Å². The Morgan fingerprint density at radius 1 is 0.872 bits per heavy atom. The highest BCUT2D eigenvalue weighted by Gasteiger charge is 2.36. The van der Waals surface area contributed by atoms with Gasteiger partial charge in [0.25, 0.3) is 0 Å². The van der Waals surface area contributed by atoms with Gasteiger partial charge in [-0.05, 0) is 56.7 Å². The van der Waals surface area contributed by atoms with Crippen molar-refractivity contribution in [3.63, 3.8) is 0 Å². The molecule has 5 aromatic rings. The van der Waals surface area contributed by atoms with E-state index in [1.807, 2.05) is 79.2 Å². The van der Waals surface area contributed by atoms with Gasteiger partial charge in [0, 0.05) is 16.1 Å². The van der Waals surface area contributed by atoms with Crippen molar-refractivity contribution in [2.24, 2.45) is 0 Å². The molecule has 1 atom stereocenters. The van der Waals surface area contributed by atoms with Gasteiger partial charge in [0.2, 0.25) is 11.9 Å². The molecule has 1 aliphatic rings. The van der Waals surface area contributed by atoms with Gasteiger partial charge < -0.3 is 0 Å². The van der Waals surface area contributed by atoms with E-state index < -0.39 is 0 Å². The van der Waals surface area contributed by atoms with Gasteiger partial charge in [-0.25, -0.2) is 14.6 Å². The number of aryl methyl sites for hydroxylation is 2. The predicted molar refractivity (Wildman–Crippen MR) is 158 cm³/mol. The van der Waals surface area contributed by atoms with E-state index in [2.05, 4.69) is 31.2 Å². The first-order chi connectivity index (χ1) is 18.9. The number of hydrogen-bond acceptors (Lipinski definition) is 5. The Labute approximate surface area is 236 Å². The van der Waals surface area contributed by atoms with Crippen molar-refractivity contribution in [2.75, 3.05) is 10.7 Å². The lowest BCUT2D eigenvalue weighted by Gasteiger charge is -2.23. The zero-order valence-corrected chi connectivity index (χ0v) is 23.4. The summed E-state index contributed by atoms with van der Waals surface area (Å²) in [6.07, 6.45) is 0. The van der Waals surface area contributed by atoms with Crippen LogP contribution in [0.2, 0.25) is 5.02 Å². The van der Waals surface area contributed by atoms with Gasteiger partial charge in [-0.2, -0.15) is 5.10 Å². The SMILES string of the molecule is Cc1ccc(C2SCC(=O)N2c2nc(-c3ccc(Cl)cc3)cc(-c3c(C)nn(-c4ccccc4)c3C)n2)cc1. The Balaban J connectivity index is 1.53. The van der Waals surface area contributed by atoms with Crippen LogP contribution in [-0.4, -0.2) is 31.4 Å². The summed E-state index contributed by atoms with van der Waals surface area (Å²) in [4.78, 5) is 24.9. The van der Waals surface area contributed by atoms with Crippen LogP contribution in [0.25, 0.3) is 28.2 Å². The van der Waals surface area contributed by atoms with E-state index in [0.29, 0.717) is 22.4 Å². The molecule has 2 aromatic heterocycles. The summed E-state index contributed by atoms with van der Waals surface area (Å²) in [6, 6.07) is 27.8. The summed E-state index contributed by atoms with van der Waals surface area (Å²) in [7, 11) is 0. The predicted octanol–water partition coefficient (Wildman–Crippen LogP) is 7.35. The molecule has 0 bridgehead atoms. The molecule has 0 N–H and O–H groups in total. The first-order valence-corrected chi connectivity index (χ1v) is 14.1. The van der Waals surface area contributed by atoms with Gasteiger partial charge >= 0.3 is 0 Å². The second kappa shape index (κ2) is 10.3. The second-order valence-electron chi connectivity index (χ2n) is 9.58. The third kappa shape index (κ3) is 4.84. The fraction of sp³-hybridized carbons (Fsp3) is 0.161.